The van der Waals surface area contributed by atoms with Gasteiger partial charge in [0.05, 0.1) is 7.11 Å². The Morgan fingerprint density at radius 1 is 1.33 bits per heavy atom. The van der Waals surface area contributed by atoms with Gasteiger partial charge in [-0.05, 0) is 55.6 Å². The summed E-state index contributed by atoms with van der Waals surface area (Å²) >= 11 is 0. The van der Waals surface area contributed by atoms with Crippen LogP contribution < -0.4 is 11.0 Å². The van der Waals surface area contributed by atoms with E-state index in [1.807, 2.05) is 13.8 Å². The maximum absolute atomic E-state index is 11.7. The Kier molecular flexibility index (Phi) is 5.55. The molecule has 0 aromatic heterocycles. The molecule has 0 radical (unpaired) electrons. The number of nitrogens with one attached hydrogen (secondary N) is 1. The fourth-order valence-corrected chi connectivity index (χ4v) is 1.98. The number of carbonyl (C=O) groups is 2. The number of esters is 1. The average molecular weight is 290 g/mol. The van der Waals surface area contributed by atoms with Crippen LogP contribution >= 0.6 is 0 Å². The van der Waals surface area contributed by atoms with Crippen LogP contribution in [-0.2, 0) is 9.53 Å². The van der Waals surface area contributed by atoms with Gasteiger partial charge in [-0.25, -0.2) is 4.79 Å². The third-order valence-corrected chi connectivity index (χ3v) is 2.94. The van der Waals surface area contributed by atoms with Crippen molar-refractivity contribution in [3.8, 4) is 0 Å². The summed E-state index contributed by atoms with van der Waals surface area (Å²) in [6.07, 6.45) is 1.58. The van der Waals surface area contributed by atoms with E-state index < -0.39 is 18.9 Å². The van der Waals surface area contributed by atoms with Crippen molar-refractivity contribution in [1.29, 1.82) is 0 Å². The Hall–Kier alpha value is -2.28. The summed E-state index contributed by atoms with van der Waals surface area (Å²) in [6, 6.07) is 3.30. The van der Waals surface area contributed by atoms with Gasteiger partial charge in [0.15, 0.2) is 0 Å². The van der Waals surface area contributed by atoms with Crippen molar-refractivity contribution >= 4 is 25.0 Å². The summed E-state index contributed by atoms with van der Waals surface area (Å²) in [6.45, 7) is 5.11. The normalized spacial score (nSPS) is 11.0. The van der Waals surface area contributed by atoms with Gasteiger partial charge < -0.3 is 20.7 Å². The zero-order valence-electron chi connectivity index (χ0n) is 12.6. The van der Waals surface area contributed by atoms with E-state index in [2.05, 4.69) is 9.96 Å². The number of aryl methyl sites for hydroxylation is 2. The number of methoxy groups -OCH3 is 1. The number of primary amides is 1. The van der Waals surface area contributed by atoms with E-state index in [9.17, 15) is 14.6 Å². The van der Waals surface area contributed by atoms with Gasteiger partial charge in [0.25, 0.3) is 0 Å². The van der Waals surface area contributed by atoms with Crippen molar-refractivity contribution in [1.82, 2.24) is 5.23 Å². The number of hydrogen-bond donors (Lipinski definition) is 3. The number of benzene rings is 1. The van der Waals surface area contributed by atoms with Gasteiger partial charge in [-0.1, -0.05) is 0 Å². The highest BCUT2D eigenvalue weighted by molar-refractivity contribution is 6.47. The van der Waals surface area contributed by atoms with Crippen LogP contribution in [0.1, 0.15) is 27.0 Å². The van der Waals surface area contributed by atoms with Crippen LogP contribution in [0, 0.1) is 13.8 Å². The largest absolute Gasteiger partial charge is 0.464 e. The third kappa shape index (κ3) is 4.35. The molecule has 0 heterocycles. The van der Waals surface area contributed by atoms with Gasteiger partial charge in [0.1, 0.15) is 5.70 Å². The molecule has 4 N–H and O–H groups in total. The maximum Gasteiger partial charge on any atom is 0.407 e. The summed E-state index contributed by atoms with van der Waals surface area (Å²) < 4.78 is 4.67. The van der Waals surface area contributed by atoms with Crippen molar-refractivity contribution in [3.05, 3.63) is 40.1 Å². The molecule has 7 heteroatoms. The molecule has 0 spiro atoms. The number of ether oxygens (including phenoxy) is 1. The lowest BCUT2D eigenvalue weighted by Crippen LogP contribution is -2.33. The van der Waals surface area contributed by atoms with Crippen molar-refractivity contribution in [2.75, 3.05) is 7.11 Å². The summed E-state index contributed by atoms with van der Waals surface area (Å²) in [5, 5.41) is 12.0. The SMILES string of the molecule is COC(=O)/C(=C/c1c(C)cc(C(N)=O)cc1C)NB(C)O. The highest BCUT2D eigenvalue weighted by Gasteiger charge is 2.15. The molecule has 0 aliphatic rings. The molecule has 0 aliphatic heterocycles. The predicted molar refractivity (Wildman–Crippen MR) is 81.4 cm³/mol. The Labute approximate surface area is 124 Å². The fourth-order valence-electron chi connectivity index (χ4n) is 1.98. The zero-order valence-corrected chi connectivity index (χ0v) is 12.6. The average Bonchev–Trinajstić information content (AvgIpc) is 2.39. The maximum atomic E-state index is 11.7. The first kappa shape index (κ1) is 16.8. The molecule has 1 aromatic carbocycles. The zero-order chi connectivity index (χ0) is 16.2. The molecule has 112 valence electrons. The van der Waals surface area contributed by atoms with E-state index in [1.165, 1.54) is 13.9 Å². The van der Waals surface area contributed by atoms with Crippen LogP contribution in [0.15, 0.2) is 17.8 Å². The summed E-state index contributed by atoms with van der Waals surface area (Å²) in [7, 11) is 0.358. The summed E-state index contributed by atoms with van der Waals surface area (Å²) in [4.78, 5) is 22.9. The highest BCUT2D eigenvalue weighted by Crippen LogP contribution is 2.19. The minimum Gasteiger partial charge on any atom is -0.464 e. The topological polar surface area (TPSA) is 102 Å². The van der Waals surface area contributed by atoms with E-state index in [1.54, 1.807) is 18.2 Å². The standard InChI is InChI=1S/C14H19BN2O4/c1-8-5-10(13(16)18)6-9(2)11(8)7-12(14(19)21-4)17-15(3)20/h5-7,17,20H,1-4H3,(H2,16,18)/b12-7-. The lowest BCUT2D eigenvalue weighted by molar-refractivity contribution is -0.136. The van der Waals surface area contributed by atoms with Gasteiger partial charge in [0.2, 0.25) is 5.91 Å². The van der Waals surface area contributed by atoms with Crippen molar-refractivity contribution in [2.45, 2.75) is 20.7 Å². The molecule has 1 rings (SSSR count). The minimum atomic E-state index is -0.902. The molecular weight excluding hydrogens is 271 g/mol. The fraction of sp³-hybridized carbons (Fsp3) is 0.286. The Morgan fingerprint density at radius 2 is 1.86 bits per heavy atom. The molecule has 0 fully saturated rings. The molecule has 0 saturated heterocycles. The molecule has 0 bridgehead atoms. The Morgan fingerprint density at radius 3 is 2.24 bits per heavy atom. The number of rotatable bonds is 5. The molecule has 6 nitrogen and oxygen atoms in total. The molecular formula is C14H19BN2O4. The van der Waals surface area contributed by atoms with Crippen LogP contribution in [0.2, 0.25) is 6.82 Å². The minimum absolute atomic E-state index is 0.130. The second-order valence-electron chi connectivity index (χ2n) is 4.76. The number of amides is 1. The molecule has 0 saturated carbocycles. The van der Waals surface area contributed by atoms with E-state index in [0.29, 0.717) is 5.56 Å². The molecule has 0 aliphatic carbocycles. The van der Waals surface area contributed by atoms with E-state index in [4.69, 9.17) is 5.73 Å². The predicted octanol–water partition coefficient (Wildman–Crippen LogP) is 0.616. The molecule has 0 atom stereocenters. The highest BCUT2D eigenvalue weighted by atomic mass is 16.5. The molecule has 1 amide bonds. The number of hydrogen-bond acceptors (Lipinski definition) is 5. The first-order valence-electron chi connectivity index (χ1n) is 6.42. The van der Waals surface area contributed by atoms with Gasteiger partial charge in [-0.3, -0.25) is 4.79 Å². The third-order valence-electron chi connectivity index (χ3n) is 2.94. The lowest BCUT2D eigenvalue weighted by Gasteiger charge is -2.12. The van der Waals surface area contributed by atoms with E-state index in [0.717, 1.165) is 16.7 Å². The lowest BCUT2D eigenvalue weighted by atomic mass is 9.88. The van der Waals surface area contributed by atoms with Gasteiger partial charge in [0, 0.05) is 5.56 Å². The van der Waals surface area contributed by atoms with Gasteiger partial charge in [-0.2, -0.15) is 0 Å². The summed E-state index contributed by atoms with van der Waals surface area (Å²) in [5.74, 6) is -1.10. The van der Waals surface area contributed by atoms with Crippen LogP contribution in [0.4, 0.5) is 0 Å². The van der Waals surface area contributed by atoms with Gasteiger partial charge in [-0.15, -0.1) is 0 Å². The Bertz CT molecular complexity index is 574. The number of carbonyl (C=O) groups excluding carboxylic acids is 2. The van der Waals surface area contributed by atoms with E-state index in [-0.39, 0.29) is 5.70 Å². The summed E-state index contributed by atoms with van der Waals surface area (Å²) in [5.41, 5.74) is 8.14. The first-order chi connectivity index (χ1) is 9.76. The number of nitrogens with two attached hydrogens (primary N) is 1. The monoisotopic (exact) mass is 290 g/mol. The van der Waals surface area contributed by atoms with Crippen LogP contribution in [0.25, 0.3) is 6.08 Å². The molecule has 21 heavy (non-hydrogen) atoms. The first-order valence-corrected chi connectivity index (χ1v) is 6.42. The van der Waals surface area contributed by atoms with Crippen LogP contribution in [0.5, 0.6) is 0 Å². The van der Waals surface area contributed by atoms with Crippen molar-refractivity contribution in [3.63, 3.8) is 0 Å². The van der Waals surface area contributed by atoms with Crippen LogP contribution in [-0.4, -0.2) is 31.1 Å². The molecule has 0 unspecified atom stereocenters. The van der Waals surface area contributed by atoms with E-state index >= 15 is 0 Å². The van der Waals surface area contributed by atoms with Crippen molar-refractivity contribution < 1.29 is 19.3 Å². The van der Waals surface area contributed by atoms with Crippen molar-refractivity contribution in [2.24, 2.45) is 5.73 Å². The second kappa shape index (κ2) is 6.94. The smallest absolute Gasteiger partial charge is 0.407 e. The molecule has 1 aromatic rings. The second-order valence-corrected chi connectivity index (χ2v) is 4.76. The van der Waals surface area contributed by atoms with Crippen LogP contribution in [0.3, 0.4) is 0 Å². The Balaban J connectivity index is 3.33. The quantitative estimate of drug-likeness (QED) is 0.419. The van der Waals surface area contributed by atoms with Gasteiger partial charge >= 0.3 is 13.0 Å².